The third kappa shape index (κ3) is 4.07. The van der Waals surface area contributed by atoms with Gasteiger partial charge >= 0.3 is 11.7 Å². The predicted octanol–water partition coefficient (Wildman–Crippen LogP) is 1.04. The maximum atomic E-state index is 12.0. The summed E-state index contributed by atoms with van der Waals surface area (Å²) >= 11 is 0. The molecule has 2 rings (SSSR count). The highest BCUT2D eigenvalue weighted by Gasteiger charge is 2.17. The zero-order chi connectivity index (χ0) is 15.2. The summed E-state index contributed by atoms with van der Waals surface area (Å²) < 4.78 is 0. The molecule has 7 nitrogen and oxygen atoms in total. The van der Waals surface area contributed by atoms with E-state index >= 15 is 0 Å². The van der Waals surface area contributed by atoms with Crippen LogP contribution in [0, 0.1) is 0 Å². The topological polar surface area (TPSA) is 115 Å². The van der Waals surface area contributed by atoms with Crippen molar-refractivity contribution in [1.82, 2.24) is 15.3 Å². The van der Waals surface area contributed by atoms with Gasteiger partial charge < -0.3 is 20.4 Å². The Morgan fingerprint density at radius 1 is 1.24 bits per heavy atom. The quantitative estimate of drug-likeness (QED) is 0.636. The van der Waals surface area contributed by atoms with Gasteiger partial charge in [-0.2, -0.15) is 0 Å². The van der Waals surface area contributed by atoms with E-state index in [2.05, 4.69) is 15.3 Å². The average molecular weight is 289 g/mol. The van der Waals surface area contributed by atoms with Gasteiger partial charge in [-0.15, -0.1) is 0 Å². The fraction of sp³-hybridized carbons (Fsp3) is 0.214. The predicted molar refractivity (Wildman–Crippen MR) is 74.9 cm³/mol. The lowest BCUT2D eigenvalue weighted by Gasteiger charge is -2.18. The molecule has 0 fully saturated rings. The summed E-state index contributed by atoms with van der Waals surface area (Å²) in [5.74, 6) is -1.40. The van der Waals surface area contributed by atoms with Crippen molar-refractivity contribution in [3.05, 3.63) is 58.3 Å². The van der Waals surface area contributed by atoms with Gasteiger partial charge in [-0.05, 0) is 12.0 Å². The highest BCUT2D eigenvalue weighted by molar-refractivity contribution is 5.92. The first-order chi connectivity index (χ1) is 10.1. The second-order valence-corrected chi connectivity index (χ2v) is 4.53. The van der Waals surface area contributed by atoms with E-state index in [1.54, 1.807) is 0 Å². The van der Waals surface area contributed by atoms with Crippen molar-refractivity contribution in [2.75, 3.05) is 0 Å². The van der Waals surface area contributed by atoms with E-state index in [-0.39, 0.29) is 18.5 Å². The van der Waals surface area contributed by atoms with Crippen molar-refractivity contribution in [1.29, 1.82) is 0 Å². The van der Waals surface area contributed by atoms with Gasteiger partial charge in [-0.1, -0.05) is 30.3 Å². The molecule has 0 saturated heterocycles. The van der Waals surface area contributed by atoms with Gasteiger partial charge in [0.2, 0.25) is 0 Å². The summed E-state index contributed by atoms with van der Waals surface area (Å²) in [6, 6.07) is 8.65. The number of aliphatic carboxylic acids is 1. The summed E-state index contributed by atoms with van der Waals surface area (Å²) in [7, 11) is 0. The second kappa shape index (κ2) is 6.56. The van der Waals surface area contributed by atoms with Gasteiger partial charge in [-0.25, -0.2) is 4.79 Å². The lowest BCUT2D eigenvalue weighted by molar-refractivity contribution is -0.137. The lowest BCUT2D eigenvalue weighted by Crippen LogP contribution is -2.29. The fourth-order valence-electron chi connectivity index (χ4n) is 1.97. The van der Waals surface area contributed by atoms with Crippen molar-refractivity contribution in [2.45, 2.75) is 18.9 Å². The van der Waals surface area contributed by atoms with Crippen LogP contribution in [0.1, 0.15) is 34.9 Å². The van der Waals surface area contributed by atoms with Gasteiger partial charge in [0, 0.05) is 12.6 Å². The molecule has 21 heavy (non-hydrogen) atoms. The number of hydrogen-bond donors (Lipinski definition) is 4. The fourth-order valence-corrected chi connectivity index (χ4v) is 1.97. The molecule has 0 saturated carbocycles. The Morgan fingerprint density at radius 3 is 2.52 bits per heavy atom. The van der Waals surface area contributed by atoms with E-state index in [0.29, 0.717) is 0 Å². The summed E-state index contributed by atoms with van der Waals surface area (Å²) in [5.41, 5.74) is 0.447. The molecule has 0 aliphatic carbocycles. The lowest BCUT2D eigenvalue weighted by atomic mass is 10.0. The van der Waals surface area contributed by atoms with Crippen LogP contribution in [-0.4, -0.2) is 27.0 Å². The monoisotopic (exact) mass is 289 g/mol. The minimum Gasteiger partial charge on any atom is -0.481 e. The Labute approximate surface area is 120 Å². The van der Waals surface area contributed by atoms with Crippen LogP contribution in [-0.2, 0) is 4.79 Å². The number of carbonyl (C=O) groups is 2. The van der Waals surface area contributed by atoms with Crippen molar-refractivity contribution >= 4 is 11.9 Å². The van der Waals surface area contributed by atoms with Crippen molar-refractivity contribution < 1.29 is 14.7 Å². The van der Waals surface area contributed by atoms with E-state index in [1.165, 1.54) is 6.20 Å². The minimum atomic E-state index is -0.930. The number of nitrogens with one attached hydrogen (secondary N) is 3. The van der Waals surface area contributed by atoms with Gasteiger partial charge in [-0.3, -0.25) is 9.59 Å². The number of carboxylic acids is 1. The number of carboxylic acid groups (broad SMARTS) is 1. The Balaban J connectivity index is 2.13. The van der Waals surface area contributed by atoms with E-state index in [0.717, 1.165) is 5.56 Å². The third-order valence-corrected chi connectivity index (χ3v) is 2.99. The van der Waals surface area contributed by atoms with Crippen molar-refractivity contribution in [3.63, 3.8) is 0 Å². The number of carbonyl (C=O) groups excluding carboxylic acids is 1. The molecule has 7 heteroatoms. The van der Waals surface area contributed by atoms with Gasteiger partial charge in [0.15, 0.2) is 0 Å². The van der Waals surface area contributed by atoms with Crippen molar-refractivity contribution in [2.24, 2.45) is 0 Å². The number of H-pyrrole nitrogens is 2. The number of aromatic nitrogens is 2. The molecule has 1 heterocycles. The van der Waals surface area contributed by atoms with Crippen molar-refractivity contribution in [3.8, 4) is 0 Å². The zero-order valence-electron chi connectivity index (χ0n) is 11.1. The maximum Gasteiger partial charge on any atom is 0.323 e. The highest BCUT2D eigenvalue weighted by atomic mass is 16.4. The zero-order valence-corrected chi connectivity index (χ0v) is 11.1. The van der Waals surface area contributed by atoms with E-state index in [9.17, 15) is 14.4 Å². The number of aromatic amines is 2. The van der Waals surface area contributed by atoms with Crippen LogP contribution in [0.25, 0.3) is 0 Å². The van der Waals surface area contributed by atoms with Crippen LogP contribution in [0.4, 0.5) is 0 Å². The van der Waals surface area contributed by atoms with E-state index in [1.807, 2.05) is 30.3 Å². The van der Waals surface area contributed by atoms with Crippen LogP contribution in [0.2, 0.25) is 0 Å². The van der Waals surface area contributed by atoms with E-state index < -0.39 is 23.6 Å². The molecule has 1 amide bonds. The molecule has 0 radical (unpaired) electrons. The Hall–Kier alpha value is -2.83. The van der Waals surface area contributed by atoms with Crippen LogP contribution < -0.4 is 11.0 Å². The Kier molecular flexibility index (Phi) is 4.55. The normalized spacial score (nSPS) is 11.8. The molecule has 0 aliphatic rings. The second-order valence-electron chi connectivity index (χ2n) is 4.53. The molecule has 1 atom stereocenters. The Morgan fingerprint density at radius 2 is 1.95 bits per heavy atom. The van der Waals surface area contributed by atoms with E-state index in [4.69, 9.17) is 5.11 Å². The largest absolute Gasteiger partial charge is 0.481 e. The van der Waals surface area contributed by atoms with Crippen LogP contribution in [0.15, 0.2) is 41.3 Å². The molecule has 1 aromatic heterocycles. The smallest absolute Gasteiger partial charge is 0.323 e. The highest BCUT2D eigenvalue weighted by Crippen LogP contribution is 2.18. The first-order valence-electron chi connectivity index (χ1n) is 6.41. The number of imidazole rings is 1. The SMILES string of the molecule is O=C(O)CCC(NC(=O)c1c[nH]c(=O)[nH]1)c1ccccc1. The molecule has 0 bridgehead atoms. The average Bonchev–Trinajstić information content (AvgIpc) is 2.90. The molecule has 110 valence electrons. The third-order valence-electron chi connectivity index (χ3n) is 2.99. The molecule has 2 aromatic rings. The van der Waals surface area contributed by atoms with Crippen LogP contribution in [0.3, 0.4) is 0 Å². The van der Waals surface area contributed by atoms with Gasteiger partial charge in [0.25, 0.3) is 5.91 Å². The first kappa shape index (κ1) is 14.6. The Bertz CT molecular complexity index is 675. The molecule has 1 aromatic carbocycles. The number of hydrogen-bond acceptors (Lipinski definition) is 3. The summed E-state index contributed by atoms with van der Waals surface area (Å²) in [6.07, 6.45) is 1.47. The summed E-state index contributed by atoms with van der Waals surface area (Å²) in [5, 5.41) is 11.5. The molecule has 4 N–H and O–H groups in total. The standard InChI is InChI=1S/C14H15N3O4/c18-12(19)7-6-10(9-4-2-1-3-5-9)16-13(20)11-8-15-14(21)17-11/h1-5,8,10H,6-7H2,(H,16,20)(H,18,19)(H2,15,17,21). The molecule has 1 unspecified atom stereocenters. The molecular weight excluding hydrogens is 274 g/mol. The minimum absolute atomic E-state index is 0.0660. The van der Waals surface area contributed by atoms with Crippen LogP contribution >= 0.6 is 0 Å². The van der Waals surface area contributed by atoms with Gasteiger partial charge in [0.05, 0.1) is 6.04 Å². The number of amides is 1. The maximum absolute atomic E-state index is 12.0. The number of benzene rings is 1. The molecule has 0 aliphatic heterocycles. The van der Waals surface area contributed by atoms with Gasteiger partial charge in [0.1, 0.15) is 5.69 Å². The first-order valence-corrected chi connectivity index (χ1v) is 6.41. The summed E-state index contributed by atoms with van der Waals surface area (Å²) in [4.78, 5) is 38.5. The van der Waals surface area contributed by atoms with Crippen LogP contribution in [0.5, 0.6) is 0 Å². The molecular formula is C14H15N3O4. The number of rotatable bonds is 6. The molecule has 0 spiro atoms. The summed E-state index contributed by atoms with van der Waals surface area (Å²) in [6.45, 7) is 0.